The maximum absolute atomic E-state index is 13.2. The average molecular weight is 387 g/mol. The number of amides is 1. The van der Waals surface area contributed by atoms with Crippen molar-refractivity contribution in [3.63, 3.8) is 0 Å². The smallest absolute Gasteiger partial charge is 0.333 e. The Balaban J connectivity index is 1.73. The molecule has 2 aromatic carbocycles. The molecule has 0 radical (unpaired) electrons. The van der Waals surface area contributed by atoms with Gasteiger partial charge in [-0.15, -0.1) is 0 Å². The lowest BCUT2D eigenvalue weighted by Gasteiger charge is -2.27. The highest BCUT2D eigenvalue weighted by Gasteiger charge is 2.37. The first-order chi connectivity index (χ1) is 13.4. The Morgan fingerprint density at radius 3 is 2.68 bits per heavy atom. The summed E-state index contributed by atoms with van der Waals surface area (Å²) in [6, 6.07) is 11.5. The summed E-state index contributed by atoms with van der Waals surface area (Å²) in [7, 11) is 0. The van der Waals surface area contributed by atoms with Gasteiger partial charge in [-0.2, -0.15) is 0 Å². The first kappa shape index (κ1) is 19.8. The van der Waals surface area contributed by atoms with Gasteiger partial charge in [0.25, 0.3) is 5.91 Å². The quantitative estimate of drug-likeness (QED) is 0.763. The van der Waals surface area contributed by atoms with Gasteiger partial charge in [-0.1, -0.05) is 18.2 Å². The zero-order valence-electron chi connectivity index (χ0n) is 15.5. The van der Waals surface area contributed by atoms with E-state index in [-0.39, 0.29) is 17.2 Å². The minimum atomic E-state index is -1.71. The number of carboxylic acids is 1. The van der Waals surface area contributed by atoms with Gasteiger partial charge in [0.2, 0.25) is 0 Å². The SMILES string of the molecule is CC(NC(=O)c1cccc(OCC2CCCO2)c1)(C(=O)O)c1ccc(F)cc1. The fourth-order valence-electron chi connectivity index (χ4n) is 3.02. The number of hydrogen-bond donors (Lipinski definition) is 2. The minimum Gasteiger partial charge on any atom is -0.491 e. The van der Waals surface area contributed by atoms with E-state index in [0.717, 1.165) is 31.6 Å². The molecule has 6 nitrogen and oxygen atoms in total. The number of aliphatic carboxylic acids is 1. The average Bonchev–Trinajstić information content (AvgIpc) is 3.20. The minimum absolute atomic E-state index is 0.0475. The Hall–Kier alpha value is -2.93. The standard InChI is InChI=1S/C21H22FNO5/c1-21(20(25)26,15-7-9-16(22)10-8-15)23-19(24)14-4-2-5-17(12-14)28-13-18-6-3-11-27-18/h2,4-5,7-10,12,18H,3,6,11,13H2,1H3,(H,23,24)(H,25,26). The molecule has 3 rings (SSSR count). The van der Waals surface area contributed by atoms with Crippen LogP contribution in [-0.2, 0) is 15.1 Å². The summed E-state index contributed by atoms with van der Waals surface area (Å²) in [5, 5.41) is 12.2. The molecule has 148 valence electrons. The molecule has 1 amide bonds. The highest BCUT2D eigenvalue weighted by molar-refractivity contribution is 5.98. The molecule has 2 aromatic rings. The number of benzene rings is 2. The normalized spacial score (nSPS) is 18.3. The second-order valence-electron chi connectivity index (χ2n) is 6.87. The fourth-order valence-corrected chi connectivity index (χ4v) is 3.02. The van der Waals surface area contributed by atoms with Crippen molar-refractivity contribution in [1.82, 2.24) is 5.32 Å². The Morgan fingerprint density at radius 1 is 1.29 bits per heavy atom. The molecule has 0 saturated carbocycles. The summed E-state index contributed by atoms with van der Waals surface area (Å²) in [6.07, 6.45) is 1.99. The number of nitrogens with one attached hydrogen (secondary N) is 1. The zero-order chi connectivity index (χ0) is 20.1. The van der Waals surface area contributed by atoms with Crippen LogP contribution in [0.15, 0.2) is 48.5 Å². The van der Waals surface area contributed by atoms with Crippen LogP contribution in [0.5, 0.6) is 5.75 Å². The van der Waals surface area contributed by atoms with Crippen LogP contribution in [0.1, 0.15) is 35.7 Å². The van der Waals surface area contributed by atoms with Gasteiger partial charge < -0.3 is 19.9 Å². The summed E-state index contributed by atoms with van der Waals surface area (Å²) in [5.74, 6) is -1.81. The summed E-state index contributed by atoms with van der Waals surface area (Å²) >= 11 is 0. The van der Waals surface area contributed by atoms with E-state index in [0.29, 0.717) is 12.4 Å². The molecule has 0 aromatic heterocycles. The summed E-state index contributed by atoms with van der Waals surface area (Å²) < 4.78 is 24.4. The van der Waals surface area contributed by atoms with Crippen molar-refractivity contribution in [3.8, 4) is 5.75 Å². The van der Waals surface area contributed by atoms with Crippen LogP contribution in [0, 0.1) is 5.82 Å². The number of ether oxygens (including phenoxy) is 2. The number of carbonyl (C=O) groups is 2. The largest absolute Gasteiger partial charge is 0.491 e. The van der Waals surface area contributed by atoms with E-state index < -0.39 is 23.2 Å². The Bertz CT molecular complexity index is 848. The van der Waals surface area contributed by atoms with Crippen molar-refractivity contribution >= 4 is 11.9 Å². The van der Waals surface area contributed by atoms with Gasteiger partial charge in [-0.25, -0.2) is 9.18 Å². The highest BCUT2D eigenvalue weighted by atomic mass is 19.1. The van der Waals surface area contributed by atoms with Crippen molar-refractivity contribution in [3.05, 3.63) is 65.5 Å². The second-order valence-corrected chi connectivity index (χ2v) is 6.87. The van der Waals surface area contributed by atoms with E-state index in [1.807, 2.05) is 0 Å². The van der Waals surface area contributed by atoms with Gasteiger partial charge >= 0.3 is 5.97 Å². The molecular formula is C21H22FNO5. The molecule has 7 heteroatoms. The Kier molecular flexibility index (Phi) is 5.94. The van der Waals surface area contributed by atoms with Gasteiger partial charge in [0.1, 0.15) is 18.2 Å². The summed E-state index contributed by atoms with van der Waals surface area (Å²) in [6.45, 7) is 2.49. The lowest BCUT2D eigenvalue weighted by Crippen LogP contribution is -2.49. The molecule has 1 aliphatic rings. The third-order valence-corrected chi connectivity index (χ3v) is 4.77. The summed E-state index contributed by atoms with van der Waals surface area (Å²) in [5.41, 5.74) is -1.18. The summed E-state index contributed by atoms with van der Waals surface area (Å²) in [4.78, 5) is 24.5. The molecule has 28 heavy (non-hydrogen) atoms. The van der Waals surface area contributed by atoms with Crippen LogP contribution in [-0.4, -0.2) is 36.3 Å². The van der Waals surface area contributed by atoms with Crippen LogP contribution >= 0.6 is 0 Å². The number of rotatable bonds is 7. The van der Waals surface area contributed by atoms with E-state index in [4.69, 9.17) is 9.47 Å². The molecule has 1 heterocycles. The first-order valence-electron chi connectivity index (χ1n) is 9.05. The first-order valence-corrected chi connectivity index (χ1v) is 9.05. The van der Waals surface area contributed by atoms with Crippen LogP contribution < -0.4 is 10.1 Å². The van der Waals surface area contributed by atoms with Gasteiger partial charge in [0, 0.05) is 12.2 Å². The van der Waals surface area contributed by atoms with Crippen molar-refractivity contribution in [1.29, 1.82) is 0 Å². The van der Waals surface area contributed by atoms with Gasteiger partial charge in [0.05, 0.1) is 6.10 Å². The molecule has 1 aliphatic heterocycles. The van der Waals surface area contributed by atoms with Gasteiger partial charge in [-0.3, -0.25) is 4.79 Å². The van der Waals surface area contributed by atoms with E-state index in [9.17, 15) is 19.1 Å². The predicted molar refractivity (Wildman–Crippen MR) is 99.8 cm³/mol. The number of carbonyl (C=O) groups excluding carboxylic acids is 1. The van der Waals surface area contributed by atoms with Crippen molar-refractivity contribution in [2.75, 3.05) is 13.2 Å². The van der Waals surface area contributed by atoms with Crippen LogP contribution in [0.25, 0.3) is 0 Å². The lowest BCUT2D eigenvalue weighted by atomic mass is 9.91. The molecule has 1 saturated heterocycles. The topological polar surface area (TPSA) is 84.9 Å². The maximum Gasteiger partial charge on any atom is 0.333 e. The van der Waals surface area contributed by atoms with Crippen LogP contribution in [0.2, 0.25) is 0 Å². The number of hydrogen-bond acceptors (Lipinski definition) is 4. The Morgan fingerprint density at radius 2 is 2.04 bits per heavy atom. The molecular weight excluding hydrogens is 365 g/mol. The van der Waals surface area contributed by atoms with E-state index in [1.54, 1.807) is 24.3 Å². The molecule has 2 unspecified atom stereocenters. The monoisotopic (exact) mass is 387 g/mol. The van der Waals surface area contributed by atoms with Crippen LogP contribution in [0.4, 0.5) is 4.39 Å². The third kappa shape index (κ3) is 4.48. The lowest BCUT2D eigenvalue weighted by molar-refractivity contribution is -0.144. The highest BCUT2D eigenvalue weighted by Crippen LogP contribution is 2.23. The van der Waals surface area contributed by atoms with Gasteiger partial charge in [-0.05, 0) is 55.7 Å². The van der Waals surface area contributed by atoms with Crippen LogP contribution in [0.3, 0.4) is 0 Å². The second kappa shape index (κ2) is 8.39. The molecule has 0 bridgehead atoms. The van der Waals surface area contributed by atoms with Crippen molar-refractivity contribution in [2.24, 2.45) is 0 Å². The van der Waals surface area contributed by atoms with E-state index >= 15 is 0 Å². The zero-order valence-corrected chi connectivity index (χ0v) is 15.5. The molecule has 0 aliphatic carbocycles. The van der Waals surface area contributed by atoms with Crippen molar-refractivity contribution in [2.45, 2.75) is 31.4 Å². The maximum atomic E-state index is 13.2. The van der Waals surface area contributed by atoms with Crippen molar-refractivity contribution < 1.29 is 28.6 Å². The number of halogens is 1. The molecule has 0 spiro atoms. The van der Waals surface area contributed by atoms with Gasteiger partial charge in [0.15, 0.2) is 5.54 Å². The molecule has 1 fully saturated rings. The Labute approximate surface area is 162 Å². The predicted octanol–water partition coefficient (Wildman–Crippen LogP) is 3.11. The van der Waals surface area contributed by atoms with E-state index in [2.05, 4.69) is 5.32 Å². The van der Waals surface area contributed by atoms with E-state index in [1.165, 1.54) is 19.1 Å². The fraction of sp³-hybridized carbons (Fsp3) is 0.333. The molecule has 2 N–H and O–H groups in total. The molecule has 2 atom stereocenters. The number of carboxylic acid groups (broad SMARTS) is 1. The third-order valence-electron chi connectivity index (χ3n) is 4.77.